The van der Waals surface area contributed by atoms with E-state index in [1.807, 2.05) is 0 Å². The number of para-hydroxylation sites is 1. The van der Waals surface area contributed by atoms with Gasteiger partial charge in [-0.25, -0.2) is 4.79 Å². The summed E-state index contributed by atoms with van der Waals surface area (Å²) in [6.07, 6.45) is 0. The van der Waals surface area contributed by atoms with Crippen LogP contribution in [0, 0.1) is 0 Å². The minimum atomic E-state index is -1.11. The molecular formula is C10H8N4O3S. The lowest BCUT2D eigenvalue weighted by Crippen LogP contribution is -2.01. The molecule has 2 aromatic rings. The van der Waals surface area contributed by atoms with Crippen molar-refractivity contribution in [3.8, 4) is 5.88 Å². The first kappa shape index (κ1) is 12.0. The van der Waals surface area contributed by atoms with Crippen molar-refractivity contribution in [2.45, 2.75) is 0 Å². The molecule has 0 amide bonds. The van der Waals surface area contributed by atoms with Crippen molar-refractivity contribution in [2.24, 2.45) is 16.0 Å². The van der Waals surface area contributed by atoms with Crippen LogP contribution in [0.25, 0.3) is 10.9 Å². The van der Waals surface area contributed by atoms with E-state index in [2.05, 4.69) is 27.4 Å². The van der Waals surface area contributed by atoms with E-state index in [1.54, 1.807) is 12.1 Å². The van der Waals surface area contributed by atoms with Crippen LogP contribution in [-0.4, -0.2) is 26.3 Å². The summed E-state index contributed by atoms with van der Waals surface area (Å²) in [5.74, 6) is -1.40. The third-order valence-corrected chi connectivity index (χ3v) is 2.35. The number of nitrogens with zero attached hydrogens (tertiary/aromatic N) is 2. The summed E-state index contributed by atoms with van der Waals surface area (Å²) in [6.45, 7) is 0. The second-order valence-electron chi connectivity index (χ2n) is 3.39. The summed E-state index contributed by atoms with van der Waals surface area (Å²) in [7, 11) is 0. The maximum atomic E-state index is 11.0. The fourth-order valence-electron chi connectivity index (χ4n) is 1.57. The highest BCUT2D eigenvalue weighted by Crippen LogP contribution is 2.36. The molecule has 5 N–H and O–H groups in total. The fraction of sp³-hybridized carbons (Fsp3) is 0. The number of carboxylic acid groups (broad SMARTS) is 1. The van der Waals surface area contributed by atoms with Crippen LogP contribution in [0.3, 0.4) is 0 Å². The lowest BCUT2D eigenvalue weighted by molar-refractivity contribution is 0.0699. The fourth-order valence-corrected chi connectivity index (χ4v) is 1.61. The highest BCUT2D eigenvalue weighted by Gasteiger charge is 2.16. The number of aromatic carboxylic acids is 1. The van der Waals surface area contributed by atoms with Crippen molar-refractivity contribution in [1.29, 1.82) is 0 Å². The smallest absolute Gasteiger partial charge is 0.337 e. The molecule has 0 unspecified atom stereocenters. The lowest BCUT2D eigenvalue weighted by Gasteiger charge is -1.95. The van der Waals surface area contributed by atoms with Gasteiger partial charge in [0.1, 0.15) is 0 Å². The topological polar surface area (TPSA) is 124 Å². The van der Waals surface area contributed by atoms with Crippen LogP contribution in [0.2, 0.25) is 0 Å². The number of aromatic nitrogens is 1. The summed E-state index contributed by atoms with van der Waals surface area (Å²) in [6, 6.07) is 4.56. The van der Waals surface area contributed by atoms with E-state index in [1.165, 1.54) is 6.07 Å². The predicted molar refractivity (Wildman–Crippen MR) is 68.2 cm³/mol. The molecule has 0 fully saturated rings. The Morgan fingerprint density at radius 1 is 1.44 bits per heavy atom. The Hall–Kier alpha value is -2.48. The number of nitrogens with two attached hydrogens (primary N) is 1. The molecular weight excluding hydrogens is 256 g/mol. The number of azo groups is 1. The molecule has 92 valence electrons. The SMILES string of the molecule is NC(=S)N=Nc1c(O)[nH]c2c(C(=O)O)cccc12. The normalized spacial score (nSPS) is 11.1. The molecule has 1 aromatic heterocycles. The van der Waals surface area contributed by atoms with Crippen molar-refractivity contribution in [3.63, 3.8) is 0 Å². The van der Waals surface area contributed by atoms with Gasteiger partial charge in [-0.1, -0.05) is 12.1 Å². The molecule has 0 aliphatic carbocycles. The van der Waals surface area contributed by atoms with E-state index in [0.717, 1.165) is 0 Å². The molecule has 0 saturated heterocycles. The minimum Gasteiger partial charge on any atom is -0.493 e. The summed E-state index contributed by atoms with van der Waals surface area (Å²) >= 11 is 4.53. The Labute approximate surface area is 106 Å². The first-order chi connectivity index (χ1) is 8.50. The number of thiocarbonyl (C=S) groups is 1. The Bertz CT molecular complexity index is 677. The van der Waals surface area contributed by atoms with Crippen LogP contribution in [-0.2, 0) is 0 Å². The molecule has 7 nitrogen and oxygen atoms in total. The molecule has 0 radical (unpaired) electrons. The Morgan fingerprint density at radius 3 is 2.78 bits per heavy atom. The van der Waals surface area contributed by atoms with E-state index < -0.39 is 5.97 Å². The maximum absolute atomic E-state index is 11.0. The van der Waals surface area contributed by atoms with Crippen molar-refractivity contribution in [3.05, 3.63) is 23.8 Å². The average molecular weight is 264 g/mol. The van der Waals surface area contributed by atoms with E-state index in [-0.39, 0.29) is 27.8 Å². The molecule has 2 rings (SSSR count). The standard InChI is InChI=1S/C10H8N4O3S/c11-10(18)14-13-7-4-2-1-3-5(9(16)17)6(4)12-8(7)15/h1-3,12,15H,(H2,11,18)(H,16,17). The highest BCUT2D eigenvalue weighted by molar-refractivity contribution is 7.80. The Balaban J connectivity index is 2.69. The number of rotatable bonds is 2. The summed E-state index contributed by atoms with van der Waals surface area (Å²) in [5.41, 5.74) is 5.56. The number of carbonyl (C=O) groups is 1. The number of H-pyrrole nitrogens is 1. The zero-order chi connectivity index (χ0) is 13.3. The Kier molecular flexibility index (Phi) is 2.94. The third-order valence-electron chi connectivity index (χ3n) is 2.27. The van der Waals surface area contributed by atoms with Crippen LogP contribution in [0.1, 0.15) is 10.4 Å². The van der Waals surface area contributed by atoms with Gasteiger partial charge in [-0.3, -0.25) is 0 Å². The van der Waals surface area contributed by atoms with E-state index in [9.17, 15) is 9.90 Å². The van der Waals surface area contributed by atoms with Crippen LogP contribution >= 0.6 is 12.2 Å². The van der Waals surface area contributed by atoms with Crippen molar-refractivity contribution >= 4 is 39.9 Å². The molecule has 0 atom stereocenters. The average Bonchev–Trinajstić information content (AvgIpc) is 2.61. The van der Waals surface area contributed by atoms with E-state index in [4.69, 9.17) is 10.8 Å². The number of fused-ring (bicyclic) bond motifs is 1. The summed E-state index contributed by atoms with van der Waals surface area (Å²) in [5, 5.41) is 26.1. The van der Waals surface area contributed by atoms with Crippen LogP contribution in [0.4, 0.5) is 5.69 Å². The number of carboxylic acids is 1. The molecule has 0 spiro atoms. The molecule has 0 saturated carbocycles. The monoisotopic (exact) mass is 264 g/mol. The molecule has 0 bridgehead atoms. The second-order valence-corrected chi connectivity index (χ2v) is 3.81. The minimum absolute atomic E-state index is 0.0274. The van der Waals surface area contributed by atoms with Gasteiger partial charge in [-0.05, 0) is 18.3 Å². The maximum Gasteiger partial charge on any atom is 0.337 e. The van der Waals surface area contributed by atoms with Crippen LogP contribution in [0.15, 0.2) is 28.4 Å². The zero-order valence-corrected chi connectivity index (χ0v) is 9.73. The molecule has 18 heavy (non-hydrogen) atoms. The number of hydrogen-bond acceptors (Lipinski definition) is 4. The zero-order valence-electron chi connectivity index (χ0n) is 8.91. The summed E-state index contributed by atoms with van der Waals surface area (Å²) in [4.78, 5) is 13.5. The van der Waals surface area contributed by atoms with Gasteiger partial charge in [0, 0.05) is 5.39 Å². The van der Waals surface area contributed by atoms with Gasteiger partial charge in [0.25, 0.3) is 0 Å². The number of hydrogen-bond donors (Lipinski definition) is 4. The van der Waals surface area contributed by atoms with Gasteiger partial charge in [0.15, 0.2) is 5.69 Å². The largest absolute Gasteiger partial charge is 0.493 e. The van der Waals surface area contributed by atoms with E-state index >= 15 is 0 Å². The van der Waals surface area contributed by atoms with Crippen molar-refractivity contribution in [2.75, 3.05) is 0 Å². The van der Waals surface area contributed by atoms with Gasteiger partial charge in [-0.15, -0.1) is 10.2 Å². The number of aromatic amines is 1. The predicted octanol–water partition coefficient (Wildman–Crippen LogP) is 1.90. The third kappa shape index (κ3) is 2.00. The highest BCUT2D eigenvalue weighted by atomic mass is 32.1. The number of aromatic hydroxyl groups is 1. The molecule has 8 heteroatoms. The van der Waals surface area contributed by atoms with Gasteiger partial charge in [-0.2, -0.15) is 0 Å². The van der Waals surface area contributed by atoms with Crippen molar-refractivity contribution < 1.29 is 15.0 Å². The summed E-state index contributed by atoms with van der Waals surface area (Å²) < 4.78 is 0. The number of benzene rings is 1. The Morgan fingerprint density at radius 2 is 2.17 bits per heavy atom. The molecule has 0 aliphatic heterocycles. The van der Waals surface area contributed by atoms with E-state index in [0.29, 0.717) is 5.39 Å². The number of nitrogens with one attached hydrogen (secondary N) is 1. The second kappa shape index (κ2) is 4.41. The van der Waals surface area contributed by atoms with Gasteiger partial charge < -0.3 is 20.9 Å². The van der Waals surface area contributed by atoms with Crippen LogP contribution in [0.5, 0.6) is 5.88 Å². The lowest BCUT2D eigenvalue weighted by atomic mass is 10.1. The van der Waals surface area contributed by atoms with Gasteiger partial charge in [0.2, 0.25) is 11.0 Å². The first-order valence-electron chi connectivity index (χ1n) is 4.79. The van der Waals surface area contributed by atoms with Gasteiger partial charge in [0.05, 0.1) is 11.1 Å². The molecule has 1 aromatic carbocycles. The molecule has 0 aliphatic rings. The molecule has 1 heterocycles. The van der Waals surface area contributed by atoms with Crippen molar-refractivity contribution in [1.82, 2.24) is 4.98 Å². The first-order valence-corrected chi connectivity index (χ1v) is 5.19. The van der Waals surface area contributed by atoms with Crippen LogP contribution < -0.4 is 5.73 Å². The quantitative estimate of drug-likeness (QED) is 0.487. The van der Waals surface area contributed by atoms with Gasteiger partial charge >= 0.3 is 5.97 Å².